The first-order valence-corrected chi connectivity index (χ1v) is 10.4. The maximum Gasteiger partial charge on any atom is 0.343 e. The van der Waals surface area contributed by atoms with Crippen molar-refractivity contribution in [2.75, 3.05) is 34.6 Å². The Morgan fingerprint density at radius 3 is 2.71 bits per heavy atom. The normalized spacial score (nSPS) is 21.5. The highest BCUT2D eigenvalue weighted by molar-refractivity contribution is 6.17. The summed E-state index contributed by atoms with van der Waals surface area (Å²) < 4.78 is 27.8. The van der Waals surface area contributed by atoms with Crippen molar-refractivity contribution >= 4 is 17.6 Å². The molecule has 0 spiro atoms. The first kappa shape index (κ1) is 20.1. The second-order valence-electron chi connectivity index (χ2n) is 7.68. The van der Waals surface area contributed by atoms with Gasteiger partial charge in [-0.05, 0) is 25.1 Å². The van der Waals surface area contributed by atoms with E-state index >= 15 is 0 Å². The lowest BCUT2D eigenvalue weighted by Gasteiger charge is -2.38. The molecule has 9 heteroatoms. The maximum atomic E-state index is 12.9. The summed E-state index contributed by atoms with van der Waals surface area (Å²) in [7, 11) is 4.94. The lowest BCUT2D eigenvalue weighted by atomic mass is 9.83. The number of carbonyl (C=O) groups excluding carboxylic acids is 1. The fourth-order valence-electron chi connectivity index (χ4n) is 4.88. The largest absolute Gasteiger partial charge is 0.504 e. The highest BCUT2D eigenvalue weighted by Crippen LogP contribution is 2.56. The monoisotopic (exact) mass is 447 g/mol. The van der Waals surface area contributed by atoms with Crippen LogP contribution in [0.25, 0.3) is 0 Å². The Bertz CT molecular complexity index is 1090. The van der Waals surface area contributed by atoms with Crippen molar-refractivity contribution in [3.8, 4) is 28.7 Å². The van der Waals surface area contributed by atoms with Crippen LogP contribution in [-0.4, -0.2) is 50.6 Å². The van der Waals surface area contributed by atoms with Crippen LogP contribution in [0.5, 0.6) is 28.7 Å². The molecule has 3 aliphatic heterocycles. The van der Waals surface area contributed by atoms with Crippen LogP contribution in [0.3, 0.4) is 0 Å². The minimum absolute atomic E-state index is 0.00195. The number of esters is 1. The van der Waals surface area contributed by atoms with Crippen LogP contribution in [0.4, 0.5) is 0 Å². The van der Waals surface area contributed by atoms with Crippen LogP contribution in [0.15, 0.2) is 12.1 Å². The average molecular weight is 448 g/mol. The number of hydrogen-bond donors (Lipinski definition) is 1. The molecule has 3 heterocycles. The number of benzene rings is 2. The topological polar surface area (TPSA) is 86.7 Å². The van der Waals surface area contributed by atoms with Gasteiger partial charge in [-0.1, -0.05) is 6.07 Å². The van der Waals surface area contributed by atoms with Crippen molar-refractivity contribution in [1.29, 1.82) is 0 Å². The van der Waals surface area contributed by atoms with Crippen molar-refractivity contribution in [1.82, 2.24) is 4.90 Å². The lowest BCUT2D eigenvalue weighted by molar-refractivity contribution is 0.00869. The molecule has 0 bridgehead atoms. The molecule has 0 aliphatic carbocycles. The van der Waals surface area contributed by atoms with Gasteiger partial charge >= 0.3 is 5.97 Å². The van der Waals surface area contributed by atoms with Gasteiger partial charge in [-0.3, -0.25) is 4.90 Å². The summed E-state index contributed by atoms with van der Waals surface area (Å²) in [4.78, 5) is 14.9. The van der Waals surface area contributed by atoms with E-state index in [4.69, 9.17) is 35.3 Å². The van der Waals surface area contributed by atoms with E-state index in [0.717, 1.165) is 11.1 Å². The molecule has 0 radical (unpaired) electrons. The van der Waals surface area contributed by atoms with Crippen molar-refractivity contribution in [2.45, 2.75) is 24.4 Å². The van der Waals surface area contributed by atoms with Gasteiger partial charge in [0.05, 0.1) is 26.1 Å². The third-order valence-electron chi connectivity index (χ3n) is 6.27. The Morgan fingerprint density at radius 1 is 1.23 bits per heavy atom. The number of nitrogens with zero attached hydrogens (tertiary/aromatic N) is 1. The number of methoxy groups -OCH3 is 2. The van der Waals surface area contributed by atoms with Gasteiger partial charge < -0.3 is 28.8 Å². The van der Waals surface area contributed by atoms with Crippen LogP contribution in [-0.2, 0) is 17.0 Å². The van der Waals surface area contributed by atoms with Crippen LogP contribution >= 0.6 is 11.6 Å². The number of phenolic OH excluding ortho intramolecular Hbond substituents is 1. The highest BCUT2D eigenvalue weighted by atomic mass is 35.5. The minimum Gasteiger partial charge on any atom is -0.504 e. The molecule has 2 aromatic rings. The number of halogens is 1. The molecule has 31 heavy (non-hydrogen) atoms. The first-order valence-electron chi connectivity index (χ1n) is 9.90. The molecule has 2 unspecified atom stereocenters. The quantitative estimate of drug-likeness (QED) is 0.564. The molecular formula is C22H22ClNO7. The van der Waals surface area contributed by atoms with Gasteiger partial charge in [0.25, 0.3) is 0 Å². The molecule has 2 atom stereocenters. The van der Waals surface area contributed by atoms with Crippen LogP contribution in [0, 0.1) is 0 Å². The summed E-state index contributed by atoms with van der Waals surface area (Å²) in [5.41, 5.74) is 3.37. The summed E-state index contributed by atoms with van der Waals surface area (Å²) in [5.74, 6) is 1.29. The van der Waals surface area contributed by atoms with Gasteiger partial charge in [0.1, 0.15) is 11.7 Å². The zero-order valence-corrected chi connectivity index (χ0v) is 18.1. The number of ether oxygens (including phenoxy) is 5. The van der Waals surface area contributed by atoms with E-state index in [1.54, 1.807) is 12.1 Å². The molecule has 0 fully saturated rings. The molecule has 3 aliphatic rings. The Labute approximate surface area is 184 Å². The molecule has 2 aromatic carbocycles. The minimum atomic E-state index is -0.652. The molecule has 0 saturated heterocycles. The number of alkyl halides is 1. The second-order valence-corrected chi connectivity index (χ2v) is 7.95. The fraction of sp³-hybridized carbons (Fsp3) is 0.409. The zero-order valence-electron chi connectivity index (χ0n) is 17.4. The first-order chi connectivity index (χ1) is 15.0. The second kappa shape index (κ2) is 7.39. The van der Waals surface area contributed by atoms with Crippen molar-refractivity contribution in [3.05, 3.63) is 39.9 Å². The van der Waals surface area contributed by atoms with Crippen LogP contribution in [0.2, 0.25) is 0 Å². The van der Waals surface area contributed by atoms with Crippen LogP contribution < -0.4 is 18.9 Å². The molecule has 164 valence electrons. The predicted octanol–water partition coefficient (Wildman–Crippen LogP) is 3.32. The number of fused-ring (bicyclic) bond motifs is 3. The van der Waals surface area contributed by atoms with E-state index in [2.05, 4.69) is 4.90 Å². The number of aromatic hydroxyl groups is 1. The van der Waals surface area contributed by atoms with Crippen LogP contribution in [0.1, 0.15) is 44.8 Å². The summed E-state index contributed by atoms with van der Waals surface area (Å²) in [5, 5.41) is 11.2. The predicted molar refractivity (Wildman–Crippen MR) is 111 cm³/mol. The summed E-state index contributed by atoms with van der Waals surface area (Å²) in [6.07, 6.45) is 0.0226. The molecule has 8 nitrogen and oxygen atoms in total. The van der Waals surface area contributed by atoms with Gasteiger partial charge in [-0.15, -0.1) is 11.6 Å². The van der Waals surface area contributed by atoms with Gasteiger partial charge in [0.2, 0.25) is 12.5 Å². The Balaban J connectivity index is 1.71. The SMILES string of the molecule is COc1ccc2c(c1OC)C(=O)OC2C1c2c(O)c3c(c(CCl)c2CCN1C)OCO3. The van der Waals surface area contributed by atoms with Gasteiger partial charge in [-0.25, -0.2) is 4.79 Å². The van der Waals surface area contributed by atoms with E-state index in [1.165, 1.54) is 14.2 Å². The smallest absolute Gasteiger partial charge is 0.343 e. The molecule has 0 amide bonds. The van der Waals surface area contributed by atoms with E-state index in [9.17, 15) is 9.90 Å². The van der Waals surface area contributed by atoms with E-state index in [1.807, 2.05) is 7.05 Å². The van der Waals surface area contributed by atoms with Gasteiger partial charge in [-0.2, -0.15) is 0 Å². The van der Waals surface area contributed by atoms with E-state index in [0.29, 0.717) is 46.9 Å². The number of hydrogen-bond acceptors (Lipinski definition) is 8. The standard InChI is InChI=1S/C22H22ClNO7/c1-24-7-6-10-12(8-23)19-21(30-9-29-19)17(25)14(10)16(24)18-11-4-5-13(27-2)20(28-3)15(11)22(26)31-18/h4-5,16,18,25H,6-9H2,1-3H3. The molecular weight excluding hydrogens is 426 g/mol. The molecule has 1 N–H and O–H groups in total. The lowest BCUT2D eigenvalue weighted by Crippen LogP contribution is -2.36. The third kappa shape index (κ3) is 2.74. The summed E-state index contributed by atoms with van der Waals surface area (Å²) in [6, 6.07) is 3.12. The molecule has 0 aromatic heterocycles. The fourth-order valence-corrected chi connectivity index (χ4v) is 5.16. The maximum absolute atomic E-state index is 12.9. The summed E-state index contributed by atoms with van der Waals surface area (Å²) in [6.45, 7) is 0.714. The van der Waals surface area contributed by atoms with E-state index in [-0.39, 0.29) is 24.2 Å². The number of cyclic esters (lactones) is 1. The number of likely N-dealkylation sites (N-methyl/N-ethyl adjacent to an activating group) is 1. The van der Waals surface area contributed by atoms with Crippen molar-refractivity contribution in [2.24, 2.45) is 0 Å². The van der Waals surface area contributed by atoms with Crippen molar-refractivity contribution < 1.29 is 33.6 Å². The highest BCUT2D eigenvalue weighted by Gasteiger charge is 2.46. The number of phenols is 1. The van der Waals surface area contributed by atoms with Gasteiger partial charge in [0.15, 0.2) is 23.0 Å². The number of rotatable bonds is 4. The number of carbonyl (C=O) groups is 1. The Kier molecular flexibility index (Phi) is 4.79. The molecule has 0 saturated carbocycles. The van der Waals surface area contributed by atoms with Gasteiger partial charge in [0, 0.05) is 23.2 Å². The Morgan fingerprint density at radius 2 is 2.00 bits per heavy atom. The Hall–Kier alpha value is -2.84. The summed E-state index contributed by atoms with van der Waals surface area (Å²) >= 11 is 6.27. The average Bonchev–Trinajstić information content (AvgIpc) is 3.39. The van der Waals surface area contributed by atoms with E-state index < -0.39 is 18.1 Å². The van der Waals surface area contributed by atoms with Crippen molar-refractivity contribution in [3.63, 3.8) is 0 Å². The molecule has 5 rings (SSSR count). The third-order valence-corrected chi connectivity index (χ3v) is 6.54. The zero-order chi connectivity index (χ0) is 21.9.